The monoisotopic (exact) mass is 1040 g/mol. The largest absolute Gasteiger partial charge is 0.466 e. The molecule has 0 aromatic rings. The number of esters is 1. The van der Waals surface area contributed by atoms with Gasteiger partial charge in [0.15, 0.2) is 0 Å². The number of carbonyl (C=O) groups excluding carboxylic acids is 2. The van der Waals surface area contributed by atoms with E-state index in [4.69, 9.17) is 4.74 Å². The molecular formula is C68H133NO5. The number of ether oxygens (including phenoxy) is 1. The lowest BCUT2D eigenvalue weighted by Crippen LogP contribution is -2.45. The van der Waals surface area contributed by atoms with E-state index in [0.29, 0.717) is 25.9 Å². The summed E-state index contributed by atoms with van der Waals surface area (Å²) in [4.78, 5) is 24.5. The Labute approximate surface area is 463 Å². The third-order valence-corrected chi connectivity index (χ3v) is 16.1. The molecule has 6 heteroatoms. The van der Waals surface area contributed by atoms with Crippen LogP contribution in [0.15, 0.2) is 12.2 Å². The normalized spacial score (nSPS) is 12.5. The molecule has 0 aromatic heterocycles. The summed E-state index contributed by atoms with van der Waals surface area (Å²) in [6, 6.07) is -0.536. The first-order valence-electron chi connectivity index (χ1n) is 33.9. The molecule has 2 unspecified atom stereocenters. The summed E-state index contributed by atoms with van der Waals surface area (Å²) < 4.78 is 5.50. The lowest BCUT2D eigenvalue weighted by molar-refractivity contribution is -0.143. The molecule has 2 atom stereocenters. The van der Waals surface area contributed by atoms with Gasteiger partial charge in [0.2, 0.25) is 5.91 Å². The van der Waals surface area contributed by atoms with Crippen molar-refractivity contribution in [2.45, 2.75) is 398 Å². The first-order valence-corrected chi connectivity index (χ1v) is 33.9. The van der Waals surface area contributed by atoms with Gasteiger partial charge in [-0.05, 0) is 51.4 Å². The molecule has 0 fully saturated rings. The number of unbranched alkanes of at least 4 members (excludes halogenated alkanes) is 51. The molecule has 74 heavy (non-hydrogen) atoms. The number of aliphatic hydroxyl groups is 2. The molecular weight excluding hydrogens is 911 g/mol. The highest BCUT2D eigenvalue weighted by molar-refractivity contribution is 5.76. The van der Waals surface area contributed by atoms with Gasteiger partial charge in [0.05, 0.1) is 25.4 Å². The lowest BCUT2D eigenvalue weighted by atomic mass is 10.0. The number of nitrogens with one attached hydrogen (secondary N) is 1. The van der Waals surface area contributed by atoms with E-state index in [1.54, 1.807) is 0 Å². The number of aliphatic hydroxyl groups excluding tert-OH is 2. The van der Waals surface area contributed by atoms with Crippen molar-refractivity contribution < 1.29 is 24.5 Å². The van der Waals surface area contributed by atoms with Crippen molar-refractivity contribution in [2.75, 3.05) is 13.2 Å². The topological polar surface area (TPSA) is 95.9 Å². The van der Waals surface area contributed by atoms with Crippen LogP contribution in [0.1, 0.15) is 386 Å². The third-order valence-electron chi connectivity index (χ3n) is 16.1. The number of carbonyl (C=O) groups is 2. The molecule has 0 saturated carbocycles. The van der Waals surface area contributed by atoms with Crippen molar-refractivity contribution >= 4 is 11.9 Å². The standard InChI is InChI=1S/C68H133NO5/c1-3-5-7-9-11-13-14-15-16-36-39-42-46-50-54-58-62-68(73)74-63-59-55-51-47-43-40-37-34-32-30-28-26-24-22-20-18-17-19-21-23-25-27-29-31-33-35-38-41-45-49-53-57-61-67(72)69-65(64-70)66(71)60-56-52-48-44-12-10-8-6-4-2/h20,22,65-66,70-71H,3-19,21,23-64H2,1-2H3,(H,69,72)/b22-20-. The van der Waals surface area contributed by atoms with E-state index in [9.17, 15) is 19.8 Å². The van der Waals surface area contributed by atoms with E-state index in [-0.39, 0.29) is 18.5 Å². The van der Waals surface area contributed by atoms with Crippen molar-refractivity contribution in [3.8, 4) is 0 Å². The fourth-order valence-electron chi connectivity index (χ4n) is 10.9. The van der Waals surface area contributed by atoms with Gasteiger partial charge >= 0.3 is 5.97 Å². The second kappa shape index (κ2) is 64.1. The van der Waals surface area contributed by atoms with Crippen molar-refractivity contribution in [2.24, 2.45) is 0 Å². The summed E-state index contributed by atoms with van der Waals surface area (Å²) >= 11 is 0. The molecule has 3 N–H and O–H groups in total. The van der Waals surface area contributed by atoms with Gasteiger partial charge in [-0.1, -0.05) is 334 Å². The molecule has 0 spiro atoms. The first kappa shape index (κ1) is 72.6. The van der Waals surface area contributed by atoms with E-state index in [0.717, 1.165) is 38.5 Å². The van der Waals surface area contributed by atoms with Gasteiger partial charge in [-0.2, -0.15) is 0 Å². The maximum Gasteiger partial charge on any atom is 0.305 e. The molecule has 0 heterocycles. The molecule has 0 radical (unpaired) electrons. The fraction of sp³-hybridized carbons (Fsp3) is 0.941. The Hall–Kier alpha value is -1.40. The van der Waals surface area contributed by atoms with Crippen LogP contribution in [0.4, 0.5) is 0 Å². The number of hydrogen-bond donors (Lipinski definition) is 3. The van der Waals surface area contributed by atoms with E-state index in [1.165, 1.54) is 315 Å². The van der Waals surface area contributed by atoms with Gasteiger partial charge in [-0.25, -0.2) is 0 Å². The minimum absolute atomic E-state index is 0.0223. The zero-order chi connectivity index (χ0) is 53.6. The Kier molecular flexibility index (Phi) is 62.9. The highest BCUT2D eigenvalue weighted by Gasteiger charge is 2.20. The minimum atomic E-state index is -0.659. The maximum absolute atomic E-state index is 12.4. The molecule has 0 aromatic carbocycles. The summed E-state index contributed by atoms with van der Waals surface area (Å²) in [6.07, 6.45) is 78.4. The van der Waals surface area contributed by atoms with E-state index in [2.05, 4.69) is 31.3 Å². The quantitative estimate of drug-likeness (QED) is 0.0320. The SMILES string of the molecule is CCCCCCCCCCCCCCCCCCC(=O)OCCCCCCCCCCCCCC/C=C\CCCCCCCCCCCCCCCCCCC(=O)NC(CO)C(O)CCCCCCCCCCC. The van der Waals surface area contributed by atoms with Crippen LogP contribution < -0.4 is 5.32 Å². The van der Waals surface area contributed by atoms with Crippen LogP contribution in [0, 0.1) is 0 Å². The van der Waals surface area contributed by atoms with Gasteiger partial charge in [0.1, 0.15) is 0 Å². The Morgan fingerprint density at radius 3 is 0.959 bits per heavy atom. The van der Waals surface area contributed by atoms with Gasteiger partial charge in [-0.3, -0.25) is 9.59 Å². The summed E-state index contributed by atoms with van der Waals surface area (Å²) in [7, 11) is 0. The lowest BCUT2D eigenvalue weighted by Gasteiger charge is -2.22. The molecule has 0 saturated heterocycles. The third kappa shape index (κ3) is 59.8. The molecule has 0 aliphatic carbocycles. The number of allylic oxidation sites excluding steroid dienone is 2. The first-order chi connectivity index (χ1) is 36.5. The van der Waals surface area contributed by atoms with E-state index >= 15 is 0 Å². The van der Waals surface area contributed by atoms with Crippen LogP contribution >= 0.6 is 0 Å². The van der Waals surface area contributed by atoms with E-state index in [1.807, 2.05) is 0 Å². The van der Waals surface area contributed by atoms with Crippen LogP contribution in [-0.4, -0.2) is 47.4 Å². The van der Waals surface area contributed by atoms with Gasteiger partial charge in [0.25, 0.3) is 0 Å². The Morgan fingerprint density at radius 1 is 0.365 bits per heavy atom. The minimum Gasteiger partial charge on any atom is -0.466 e. The van der Waals surface area contributed by atoms with Crippen LogP contribution in [0.5, 0.6) is 0 Å². The van der Waals surface area contributed by atoms with E-state index < -0.39 is 12.1 Å². The smallest absolute Gasteiger partial charge is 0.305 e. The predicted molar refractivity (Wildman–Crippen MR) is 324 cm³/mol. The average Bonchev–Trinajstić information content (AvgIpc) is 3.40. The Morgan fingerprint density at radius 2 is 0.635 bits per heavy atom. The van der Waals surface area contributed by atoms with Crippen LogP contribution in [0.3, 0.4) is 0 Å². The second-order valence-corrected chi connectivity index (χ2v) is 23.5. The average molecular weight is 1040 g/mol. The maximum atomic E-state index is 12.4. The zero-order valence-electron chi connectivity index (χ0n) is 50.4. The molecule has 1 amide bonds. The fourth-order valence-corrected chi connectivity index (χ4v) is 10.9. The zero-order valence-corrected chi connectivity index (χ0v) is 50.4. The molecule has 0 aliphatic heterocycles. The van der Waals surface area contributed by atoms with Crippen LogP contribution in [-0.2, 0) is 14.3 Å². The van der Waals surface area contributed by atoms with Crippen molar-refractivity contribution in [1.82, 2.24) is 5.32 Å². The van der Waals surface area contributed by atoms with Crippen LogP contribution in [0.25, 0.3) is 0 Å². The van der Waals surface area contributed by atoms with Gasteiger partial charge in [0, 0.05) is 12.8 Å². The summed E-state index contributed by atoms with van der Waals surface area (Å²) in [5.74, 6) is -0.0106. The van der Waals surface area contributed by atoms with Crippen LogP contribution in [0.2, 0.25) is 0 Å². The van der Waals surface area contributed by atoms with Gasteiger partial charge in [-0.15, -0.1) is 0 Å². The summed E-state index contributed by atoms with van der Waals surface area (Å²) in [6.45, 7) is 4.97. The van der Waals surface area contributed by atoms with Crippen molar-refractivity contribution in [3.63, 3.8) is 0 Å². The Bertz CT molecular complexity index is 1110. The number of amides is 1. The molecule has 440 valence electrons. The Balaban J connectivity index is 3.30. The molecule has 6 nitrogen and oxygen atoms in total. The number of rotatable bonds is 64. The molecule has 0 rings (SSSR count). The highest BCUT2D eigenvalue weighted by atomic mass is 16.5. The molecule has 0 bridgehead atoms. The summed E-state index contributed by atoms with van der Waals surface area (Å²) in [5.41, 5.74) is 0. The number of hydrogen-bond acceptors (Lipinski definition) is 5. The summed E-state index contributed by atoms with van der Waals surface area (Å²) in [5, 5.41) is 23.1. The second-order valence-electron chi connectivity index (χ2n) is 23.5. The van der Waals surface area contributed by atoms with Gasteiger partial charge < -0.3 is 20.3 Å². The van der Waals surface area contributed by atoms with Crippen molar-refractivity contribution in [3.05, 3.63) is 12.2 Å². The molecule has 0 aliphatic rings. The predicted octanol–water partition coefficient (Wildman–Crippen LogP) is 21.6. The highest BCUT2D eigenvalue weighted by Crippen LogP contribution is 2.19. The van der Waals surface area contributed by atoms with Crippen molar-refractivity contribution in [1.29, 1.82) is 0 Å².